The Kier molecular flexibility index (Phi) is 4.02. The van der Waals surface area contributed by atoms with E-state index in [9.17, 15) is 13.2 Å². The highest BCUT2D eigenvalue weighted by molar-refractivity contribution is 7.91. The predicted molar refractivity (Wildman–Crippen MR) is 82.1 cm³/mol. The van der Waals surface area contributed by atoms with E-state index in [0.717, 1.165) is 24.2 Å². The first-order valence-corrected chi connectivity index (χ1v) is 9.26. The Labute approximate surface area is 132 Å². The topological polar surface area (TPSA) is 98.3 Å². The second kappa shape index (κ2) is 5.82. The molecule has 0 bridgehead atoms. The van der Waals surface area contributed by atoms with Crippen LogP contribution in [0.4, 0.5) is 0 Å². The average molecular weight is 340 g/mol. The van der Waals surface area contributed by atoms with Crippen molar-refractivity contribution in [3.63, 3.8) is 0 Å². The lowest BCUT2D eigenvalue weighted by Crippen LogP contribution is -2.40. The highest BCUT2D eigenvalue weighted by Gasteiger charge is 2.26. The molecule has 0 aliphatic carbocycles. The number of primary sulfonamides is 1. The van der Waals surface area contributed by atoms with Gasteiger partial charge in [-0.05, 0) is 18.9 Å². The summed E-state index contributed by atoms with van der Waals surface area (Å²) in [6.45, 7) is 1.26. The molecule has 1 atom stereocenters. The van der Waals surface area contributed by atoms with Crippen LogP contribution in [0.5, 0.6) is 0 Å². The summed E-state index contributed by atoms with van der Waals surface area (Å²) in [5, 5.41) is 6.63. The molecule has 0 aromatic carbocycles. The summed E-state index contributed by atoms with van der Waals surface area (Å²) in [7, 11) is -3.76. The largest absolute Gasteiger partial charge is 0.337 e. The number of amides is 1. The smallest absolute Gasteiger partial charge is 0.254 e. The van der Waals surface area contributed by atoms with E-state index >= 15 is 0 Å². The third-order valence-corrected chi connectivity index (χ3v) is 6.12. The molecular weight excluding hydrogens is 324 g/mol. The van der Waals surface area contributed by atoms with E-state index < -0.39 is 10.0 Å². The lowest BCUT2D eigenvalue weighted by Gasteiger charge is -2.33. The van der Waals surface area contributed by atoms with Crippen LogP contribution in [0, 0.1) is 0 Å². The van der Waals surface area contributed by atoms with Crippen molar-refractivity contribution in [3.8, 4) is 0 Å². The Bertz CT molecular complexity index is 767. The van der Waals surface area contributed by atoms with Crippen molar-refractivity contribution in [2.24, 2.45) is 5.14 Å². The van der Waals surface area contributed by atoms with Gasteiger partial charge in [0.1, 0.15) is 4.21 Å². The number of carbonyl (C=O) groups excluding carboxylic acids is 1. The van der Waals surface area contributed by atoms with Crippen LogP contribution in [0.2, 0.25) is 0 Å². The van der Waals surface area contributed by atoms with Crippen LogP contribution in [-0.4, -0.2) is 41.9 Å². The summed E-state index contributed by atoms with van der Waals surface area (Å²) >= 11 is 0.972. The van der Waals surface area contributed by atoms with Gasteiger partial charge in [-0.15, -0.1) is 11.3 Å². The first-order valence-electron chi connectivity index (χ1n) is 6.83. The number of aromatic nitrogens is 2. The molecule has 118 valence electrons. The van der Waals surface area contributed by atoms with Crippen LogP contribution in [0.3, 0.4) is 0 Å². The molecule has 3 heterocycles. The second-order valence-corrected chi connectivity index (χ2v) is 7.96. The molecule has 1 aliphatic rings. The molecule has 0 saturated carbocycles. The van der Waals surface area contributed by atoms with Gasteiger partial charge in [-0.2, -0.15) is 0 Å². The molecule has 0 radical (unpaired) electrons. The molecular formula is C13H16N4O3S2. The number of nitrogens with zero attached hydrogens (tertiary/aromatic N) is 3. The van der Waals surface area contributed by atoms with Gasteiger partial charge in [-0.3, -0.25) is 4.79 Å². The summed E-state index contributed by atoms with van der Waals surface area (Å²) in [4.78, 5) is 18.3. The zero-order valence-electron chi connectivity index (χ0n) is 11.8. The number of hydrogen-bond acceptors (Lipinski definition) is 5. The minimum atomic E-state index is -3.76. The molecule has 7 nitrogen and oxygen atoms in total. The standard InChI is InChI=1S/C13H16N4O3S2/c14-22(19,20)12-6-10(8-21-12)13(18)16-4-1-2-11(7-16)17-5-3-15-9-17/h3,5-6,8-9,11H,1-2,4,7H2,(H2,14,19,20)/t11-/m0/s1. The van der Waals surface area contributed by atoms with E-state index in [2.05, 4.69) is 4.98 Å². The van der Waals surface area contributed by atoms with Gasteiger partial charge >= 0.3 is 0 Å². The van der Waals surface area contributed by atoms with Crippen molar-refractivity contribution in [2.75, 3.05) is 13.1 Å². The molecule has 1 fully saturated rings. The summed E-state index contributed by atoms with van der Waals surface area (Å²) in [6, 6.07) is 1.56. The third kappa shape index (κ3) is 3.06. The van der Waals surface area contributed by atoms with Crippen molar-refractivity contribution < 1.29 is 13.2 Å². The Morgan fingerprint density at radius 2 is 2.27 bits per heavy atom. The molecule has 2 aromatic heterocycles. The fourth-order valence-electron chi connectivity index (χ4n) is 2.63. The van der Waals surface area contributed by atoms with Crippen LogP contribution in [0.15, 0.2) is 34.4 Å². The van der Waals surface area contributed by atoms with Gasteiger partial charge in [0.2, 0.25) is 10.0 Å². The number of imidazole rings is 1. The van der Waals surface area contributed by atoms with Crippen LogP contribution in [-0.2, 0) is 10.0 Å². The molecule has 3 rings (SSSR count). The van der Waals surface area contributed by atoms with E-state index in [0.29, 0.717) is 18.7 Å². The number of thiophene rings is 1. The summed E-state index contributed by atoms with van der Waals surface area (Å²) in [5.74, 6) is -0.157. The normalized spacial score (nSPS) is 19.3. The maximum absolute atomic E-state index is 12.5. The zero-order chi connectivity index (χ0) is 15.7. The molecule has 0 unspecified atom stereocenters. The highest BCUT2D eigenvalue weighted by atomic mass is 32.2. The lowest BCUT2D eigenvalue weighted by molar-refractivity contribution is 0.0680. The average Bonchev–Trinajstić information content (AvgIpc) is 3.17. The van der Waals surface area contributed by atoms with Gasteiger partial charge < -0.3 is 9.47 Å². The van der Waals surface area contributed by atoms with Gasteiger partial charge in [0.25, 0.3) is 5.91 Å². The van der Waals surface area contributed by atoms with Gasteiger partial charge in [0.15, 0.2) is 0 Å². The van der Waals surface area contributed by atoms with E-state index in [1.165, 1.54) is 6.07 Å². The van der Waals surface area contributed by atoms with Crippen LogP contribution >= 0.6 is 11.3 Å². The SMILES string of the molecule is NS(=O)(=O)c1cc(C(=O)N2CCC[C@H](n3ccnc3)C2)cs1. The summed E-state index contributed by atoms with van der Waals surface area (Å²) < 4.78 is 24.6. The molecule has 2 N–H and O–H groups in total. The Hall–Kier alpha value is -1.71. The highest BCUT2D eigenvalue weighted by Crippen LogP contribution is 2.25. The molecule has 2 aromatic rings. The number of rotatable bonds is 3. The van der Waals surface area contributed by atoms with Gasteiger partial charge in [-0.25, -0.2) is 18.5 Å². The van der Waals surface area contributed by atoms with Crippen molar-refractivity contribution in [2.45, 2.75) is 23.1 Å². The van der Waals surface area contributed by atoms with Gasteiger partial charge in [-0.1, -0.05) is 0 Å². The van der Waals surface area contributed by atoms with Gasteiger partial charge in [0.05, 0.1) is 17.9 Å². The van der Waals surface area contributed by atoms with Gasteiger partial charge in [0, 0.05) is 30.9 Å². The Morgan fingerprint density at radius 1 is 1.45 bits per heavy atom. The molecule has 9 heteroatoms. The number of sulfonamides is 1. The third-order valence-electron chi connectivity index (χ3n) is 3.73. The van der Waals surface area contributed by atoms with Crippen molar-refractivity contribution in [3.05, 3.63) is 35.7 Å². The van der Waals surface area contributed by atoms with Crippen molar-refractivity contribution in [1.82, 2.24) is 14.5 Å². The minimum Gasteiger partial charge on any atom is -0.337 e. The number of carbonyl (C=O) groups is 1. The first kappa shape index (κ1) is 15.2. The summed E-state index contributed by atoms with van der Waals surface area (Å²) in [6.07, 6.45) is 7.26. The minimum absolute atomic E-state index is 0.0130. The van der Waals surface area contributed by atoms with E-state index in [4.69, 9.17) is 5.14 Å². The quantitative estimate of drug-likeness (QED) is 0.903. The van der Waals surface area contributed by atoms with Crippen molar-refractivity contribution >= 4 is 27.3 Å². The summed E-state index contributed by atoms with van der Waals surface area (Å²) in [5.41, 5.74) is 0.375. The Balaban J connectivity index is 1.76. The molecule has 1 saturated heterocycles. The number of hydrogen-bond donors (Lipinski definition) is 1. The fraction of sp³-hybridized carbons (Fsp3) is 0.385. The van der Waals surface area contributed by atoms with Crippen molar-refractivity contribution in [1.29, 1.82) is 0 Å². The second-order valence-electron chi connectivity index (χ2n) is 5.26. The van der Waals surface area contributed by atoms with E-state index in [1.54, 1.807) is 22.8 Å². The van der Waals surface area contributed by atoms with Crippen LogP contribution in [0.1, 0.15) is 29.2 Å². The molecule has 1 aliphatic heterocycles. The van der Waals surface area contributed by atoms with Crippen LogP contribution < -0.4 is 5.14 Å². The maximum Gasteiger partial charge on any atom is 0.254 e. The molecule has 1 amide bonds. The maximum atomic E-state index is 12.5. The number of piperidine rings is 1. The number of likely N-dealkylation sites (tertiary alicyclic amines) is 1. The van der Waals surface area contributed by atoms with E-state index in [1.807, 2.05) is 10.8 Å². The Morgan fingerprint density at radius 3 is 2.91 bits per heavy atom. The van der Waals surface area contributed by atoms with E-state index in [-0.39, 0.29) is 16.2 Å². The molecule has 22 heavy (non-hydrogen) atoms. The lowest BCUT2D eigenvalue weighted by atomic mass is 10.0. The number of nitrogens with two attached hydrogens (primary N) is 1. The molecule has 0 spiro atoms. The zero-order valence-corrected chi connectivity index (χ0v) is 13.4. The predicted octanol–water partition coefficient (Wildman–Crippen LogP) is 1.07. The monoisotopic (exact) mass is 340 g/mol. The fourth-order valence-corrected chi connectivity index (χ4v) is 4.21. The first-order chi connectivity index (χ1) is 10.4. The van der Waals surface area contributed by atoms with Crippen LogP contribution in [0.25, 0.3) is 0 Å².